The molecule has 0 radical (unpaired) electrons. The summed E-state index contributed by atoms with van der Waals surface area (Å²) < 4.78 is 15.0. The van der Waals surface area contributed by atoms with Gasteiger partial charge in [-0.1, -0.05) is 12.1 Å². The summed E-state index contributed by atoms with van der Waals surface area (Å²) in [6, 6.07) is 8.52. The number of carbonyl (C=O) groups is 2. The molecular formula is C22H21FN6O2. The van der Waals surface area contributed by atoms with Gasteiger partial charge in [-0.25, -0.2) is 9.37 Å². The van der Waals surface area contributed by atoms with Crippen molar-refractivity contribution in [2.45, 2.75) is 38.3 Å². The maximum atomic E-state index is 13.3. The smallest absolute Gasteiger partial charge is 0.254 e. The number of imide groups is 1. The number of halogens is 1. The lowest BCUT2D eigenvalue weighted by molar-refractivity contribution is -0.124. The van der Waals surface area contributed by atoms with Crippen molar-refractivity contribution in [1.82, 2.24) is 19.9 Å². The minimum atomic E-state index is -0.389. The van der Waals surface area contributed by atoms with Crippen LogP contribution >= 0.6 is 0 Å². The van der Waals surface area contributed by atoms with Gasteiger partial charge in [0.05, 0.1) is 12.6 Å². The van der Waals surface area contributed by atoms with Gasteiger partial charge in [0.2, 0.25) is 5.91 Å². The molecule has 9 heteroatoms. The molecule has 1 aliphatic heterocycles. The number of anilines is 2. The van der Waals surface area contributed by atoms with Crippen LogP contribution < -0.4 is 16.0 Å². The zero-order valence-electron chi connectivity index (χ0n) is 16.9. The monoisotopic (exact) mass is 420 g/mol. The highest BCUT2D eigenvalue weighted by Crippen LogP contribution is 2.29. The van der Waals surface area contributed by atoms with E-state index in [1.165, 1.54) is 12.1 Å². The van der Waals surface area contributed by atoms with Crippen molar-refractivity contribution in [3.63, 3.8) is 0 Å². The molecule has 3 aromatic rings. The highest BCUT2D eigenvalue weighted by molar-refractivity contribution is 6.15. The summed E-state index contributed by atoms with van der Waals surface area (Å²) in [5.41, 5.74) is 2.53. The van der Waals surface area contributed by atoms with Gasteiger partial charge in [-0.2, -0.15) is 9.61 Å². The molecule has 1 atom stereocenters. The summed E-state index contributed by atoms with van der Waals surface area (Å²) >= 11 is 0. The second kappa shape index (κ2) is 7.50. The molecule has 3 N–H and O–H groups in total. The predicted octanol–water partition coefficient (Wildman–Crippen LogP) is 3.05. The standard InChI is InChI=1S/C22H21FN6O2/c1-12(13-2-4-16(23)5-3-13)25-18-10-19(26-17-6-7-17)29-21(27-18)15(11-24-29)8-14-9-20(30)28-22(14)31/h2-5,8,10-12,17,26H,6-7,9H2,1H3,(H,25,27)(H,28,30,31)/b14-8+/t12-/m1/s1. The van der Waals surface area contributed by atoms with Gasteiger partial charge in [0, 0.05) is 29.3 Å². The third-order valence-electron chi connectivity index (χ3n) is 5.39. The van der Waals surface area contributed by atoms with Gasteiger partial charge in [0.25, 0.3) is 5.91 Å². The predicted molar refractivity (Wildman–Crippen MR) is 114 cm³/mol. The lowest BCUT2D eigenvalue weighted by Crippen LogP contribution is -2.19. The molecule has 2 aromatic heterocycles. The Morgan fingerprint density at radius 3 is 2.71 bits per heavy atom. The number of aromatic nitrogens is 3. The molecule has 1 saturated heterocycles. The van der Waals surface area contributed by atoms with Gasteiger partial charge < -0.3 is 10.6 Å². The van der Waals surface area contributed by atoms with E-state index in [0.717, 1.165) is 24.2 Å². The van der Waals surface area contributed by atoms with Crippen LogP contribution in [0.3, 0.4) is 0 Å². The van der Waals surface area contributed by atoms with Gasteiger partial charge >= 0.3 is 0 Å². The van der Waals surface area contributed by atoms with E-state index in [4.69, 9.17) is 4.98 Å². The molecule has 1 aromatic carbocycles. The zero-order chi connectivity index (χ0) is 21.5. The molecule has 2 fully saturated rings. The number of rotatable bonds is 6. The molecule has 0 bridgehead atoms. The Labute approximate surface area is 177 Å². The van der Waals surface area contributed by atoms with E-state index in [1.807, 2.05) is 13.0 Å². The molecule has 5 rings (SSSR count). The molecule has 0 spiro atoms. The summed E-state index contributed by atoms with van der Waals surface area (Å²) in [6.45, 7) is 1.97. The first kappa shape index (κ1) is 19.2. The van der Waals surface area contributed by atoms with Crippen LogP contribution in [0.5, 0.6) is 0 Å². The molecule has 2 aliphatic rings. The second-order valence-corrected chi connectivity index (χ2v) is 7.92. The second-order valence-electron chi connectivity index (χ2n) is 7.92. The molecular weight excluding hydrogens is 399 g/mol. The number of carbonyl (C=O) groups excluding carboxylic acids is 2. The molecule has 31 heavy (non-hydrogen) atoms. The van der Waals surface area contributed by atoms with Crippen molar-refractivity contribution < 1.29 is 14.0 Å². The summed E-state index contributed by atoms with van der Waals surface area (Å²) in [7, 11) is 0. The topological polar surface area (TPSA) is 100 Å². The van der Waals surface area contributed by atoms with E-state index >= 15 is 0 Å². The van der Waals surface area contributed by atoms with Crippen LogP contribution in [-0.4, -0.2) is 32.5 Å². The third kappa shape index (κ3) is 3.98. The molecule has 158 valence electrons. The first-order chi connectivity index (χ1) is 15.0. The Bertz CT molecular complexity index is 1210. The third-order valence-corrected chi connectivity index (χ3v) is 5.39. The van der Waals surface area contributed by atoms with Crippen LogP contribution in [0.25, 0.3) is 11.7 Å². The van der Waals surface area contributed by atoms with E-state index < -0.39 is 0 Å². The van der Waals surface area contributed by atoms with Crippen LogP contribution in [0.2, 0.25) is 0 Å². The molecule has 3 heterocycles. The van der Waals surface area contributed by atoms with Crippen LogP contribution in [-0.2, 0) is 9.59 Å². The first-order valence-electron chi connectivity index (χ1n) is 10.2. The fourth-order valence-electron chi connectivity index (χ4n) is 3.56. The van der Waals surface area contributed by atoms with E-state index in [-0.39, 0.29) is 30.1 Å². The summed E-state index contributed by atoms with van der Waals surface area (Å²) in [4.78, 5) is 28.2. The lowest BCUT2D eigenvalue weighted by Gasteiger charge is -2.17. The van der Waals surface area contributed by atoms with Crippen molar-refractivity contribution in [1.29, 1.82) is 0 Å². The lowest BCUT2D eigenvalue weighted by atomic mass is 10.1. The average Bonchev–Trinajstić information content (AvgIpc) is 3.37. The van der Waals surface area contributed by atoms with Crippen molar-refractivity contribution >= 4 is 35.2 Å². The maximum absolute atomic E-state index is 13.3. The van der Waals surface area contributed by atoms with Crippen molar-refractivity contribution in [2.75, 3.05) is 10.6 Å². The Morgan fingerprint density at radius 1 is 1.26 bits per heavy atom. The largest absolute Gasteiger partial charge is 0.367 e. The Morgan fingerprint density at radius 2 is 2.03 bits per heavy atom. The molecule has 1 saturated carbocycles. The zero-order valence-corrected chi connectivity index (χ0v) is 16.9. The van der Waals surface area contributed by atoms with Gasteiger partial charge in [-0.3, -0.25) is 14.9 Å². The number of amides is 2. The molecule has 0 unspecified atom stereocenters. The molecule has 1 aliphatic carbocycles. The van der Waals surface area contributed by atoms with Crippen LogP contribution in [0.1, 0.15) is 43.4 Å². The van der Waals surface area contributed by atoms with Crippen LogP contribution in [0.4, 0.5) is 16.0 Å². The number of fused-ring (bicyclic) bond motifs is 1. The minimum Gasteiger partial charge on any atom is -0.367 e. The van der Waals surface area contributed by atoms with Gasteiger partial charge in [0.15, 0.2) is 5.65 Å². The van der Waals surface area contributed by atoms with Gasteiger partial charge in [-0.05, 0) is 43.5 Å². The minimum absolute atomic E-state index is 0.0445. The maximum Gasteiger partial charge on any atom is 0.254 e. The molecule has 8 nitrogen and oxygen atoms in total. The number of hydrogen-bond acceptors (Lipinski definition) is 6. The van der Waals surface area contributed by atoms with E-state index in [0.29, 0.717) is 28.6 Å². The van der Waals surface area contributed by atoms with Crippen molar-refractivity contribution in [2.24, 2.45) is 0 Å². The highest BCUT2D eigenvalue weighted by atomic mass is 19.1. The van der Waals surface area contributed by atoms with E-state index in [1.54, 1.807) is 28.9 Å². The Balaban J connectivity index is 1.52. The van der Waals surface area contributed by atoms with Crippen molar-refractivity contribution in [3.8, 4) is 0 Å². The van der Waals surface area contributed by atoms with E-state index in [9.17, 15) is 14.0 Å². The number of hydrogen-bond donors (Lipinski definition) is 3. The Hall–Kier alpha value is -3.75. The summed E-state index contributed by atoms with van der Waals surface area (Å²) in [5, 5.41) is 13.5. The fourth-order valence-corrected chi connectivity index (χ4v) is 3.56. The quantitative estimate of drug-likeness (QED) is 0.419. The summed E-state index contributed by atoms with van der Waals surface area (Å²) in [5.74, 6) is 0.433. The normalized spacial score (nSPS) is 18.5. The molecule has 2 amide bonds. The first-order valence-corrected chi connectivity index (χ1v) is 10.2. The van der Waals surface area contributed by atoms with Gasteiger partial charge in [-0.15, -0.1) is 0 Å². The van der Waals surface area contributed by atoms with Crippen molar-refractivity contribution in [3.05, 3.63) is 59.0 Å². The van der Waals surface area contributed by atoms with Gasteiger partial charge in [0.1, 0.15) is 17.5 Å². The van der Waals surface area contributed by atoms with E-state index in [2.05, 4.69) is 21.0 Å². The van der Waals surface area contributed by atoms with Crippen LogP contribution in [0.15, 0.2) is 42.1 Å². The summed E-state index contributed by atoms with van der Waals surface area (Å²) in [6.07, 6.45) is 5.53. The fraction of sp³-hybridized carbons (Fsp3) is 0.273. The SMILES string of the molecule is C[C@@H](Nc1cc(NC2CC2)n2ncc(/C=C3\CC(=O)NC3=O)c2n1)c1ccc(F)cc1. The average molecular weight is 420 g/mol. The number of benzene rings is 1. The number of nitrogens with one attached hydrogen (secondary N) is 3. The highest BCUT2D eigenvalue weighted by Gasteiger charge is 2.26. The number of nitrogens with zero attached hydrogens (tertiary/aromatic N) is 3. The Kier molecular flexibility index (Phi) is 4.65. The van der Waals surface area contributed by atoms with Crippen LogP contribution in [0, 0.1) is 5.82 Å².